The van der Waals surface area contributed by atoms with Gasteiger partial charge in [0, 0.05) is 12.5 Å². The summed E-state index contributed by atoms with van der Waals surface area (Å²) in [5, 5.41) is 14.7. The topological polar surface area (TPSA) is 118 Å². The molecule has 0 aliphatic heterocycles. The number of carbonyl (C=O) groups is 3. The minimum absolute atomic E-state index is 0.181. The van der Waals surface area contributed by atoms with Gasteiger partial charge in [-0.1, -0.05) is 31.9 Å². The van der Waals surface area contributed by atoms with Gasteiger partial charge in [0.25, 0.3) is 11.6 Å². The SMILES string of the molecule is CCCCCC(=O)NC(=O)NC(=O)c1ccccc1[N+](=O)[O-]. The number of imide groups is 2. The van der Waals surface area contributed by atoms with Crippen LogP contribution in [0.15, 0.2) is 24.3 Å². The lowest BCUT2D eigenvalue weighted by atomic mass is 10.1. The smallest absolute Gasteiger partial charge is 0.278 e. The summed E-state index contributed by atoms with van der Waals surface area (Å²) >= 11 is 0. The normalized spacial score (nSPS) is 9.86. The van der Waals surface area contributed by atoms with Crippen LogP contribution in [0.5, 0.6) is 0 Å². The Bertz CT molecular complexity index is 586. The second kappa shape index (κ2) is 8.50. The third kappa shape index (κ3) is 5.31. The largest absolute Gasteiger partial charge is 0.328 e. The van der Waals surface area contributed by atoms with Gasteiger partial charge in [0.15, 0.2) is 0 Å². The molecule has 0 unspecified atom stereocenters. The number of hydrogen-bond acceptors (Lipinski definition) is 5. The number of carbonyl (C=O) groups excluding carboxylic acids is 3. The maximum absolute atomic E-state index is 11.8. The molecule has 0 atom stereocenters. The molecule has 8 heteroatoms. The van der Waals surface area contributed by atoms with Gasteiger partial charge in [-0.05, 0) is 12.5 Å². The maximum Gasteiger partial charge on any atom is 0.328 e. The van der Waals surface area contributed by atoms with Crippen LogP contribution in [0.1, 0.15) is 43.0 Å². The minimum Gasteiger partial charge on any atom is -0.278 e. The first-order valence-electron chi connectivity index (χ1n) is 6.84. The van der Waals surface area contributed by atoms with Crippen molar-refractivity contribution in [1.82, 2.24) is 10.6 Å². The third-order valence-electron chi connectivity index (χ3n) is 2.83. The Morgan fingerprint density at radius 3 is 2.45 bits per heavy atom. The van der Waals surface area contributed by atoms with E-state index in [0.29, 0.717) is 6.42 Å². The zero-order chi connectivity index (χ0) is 16.5. The number of nitro groups is 1. The Hall–Kier alpha value is -2.77. The molecule has 0 radical (unpaired) electrons. The third-order valence-corrected chi connectivity index (χ3v) is 2.83. The van der Waals surface area contributed by atoms with Gasteiger partial charge in [-0.2, -0.15) is 0 Å². The fourth-order valence-corrected chi connectivity index (χ4v) is 1.75. The number of unbranched alkanes of at least 4 members (excludes halogenated alkanes) is 2. The van der Waals surface area contributed by atoms with E-state index in [9.17, 15) is 24.5 Å². The lowest BCUT2D eigenvalue weighted by molar-refractivity contribution is -0.385. The number of nitrogens with zero attached hydrogens (tertiary/aromatic N) is 1. The highest BCUT2D eigenvalue weighted by Crippen LogP contribution is 2.17. The van der Waals surface area contributed by atoms with Crippen LogP contribution >= 0.6 is 0 Å². The predicted molar refractivity (Wildman–Crippen MR) is 78.2 cm³/mol. The molecule has 0 fully saturated rings. The molecule has 1 aromatic carbocycles. The van der Waals surface area contributed by atoms with E-state index in [0.717, 1.165) is 18.9 Å². The first-order chi connectivity index (χ1) is 10.5. The molecule has 0 saturated heterocycles. The van der Waals surface area contributed by atoms with Crippen LogP contribution in [-0.4, -0.2) is 22.8 Å². The average molecular weight is 307 g/mol. The van der Waals surface area contributed by atoms with Crippen molar-refractivity contribution in [1.29, 1.82) is 0 Å². The molecule has 0 aliphatic rings. The van der Waals surface area contributed by atoms with Gasteiger partial charge >= 0.3 is 6.03 Å². The van der Waals surface area contributed by atoms with E-state index in [2.05, 4.69) is 0 Å². The van der Waals surface area contributed by atoms with Gasteiger partial charge < -0.3 is 0 Å². The number of nitro benzene ring substituents is 1. The zero-order valence-electron chi connectivity index (χ0n) is 12.1. The summed E-state index contributed by atoms with van der Waals surface area (Å²) in [4.78, 5) is 44.9. The molecule has 0 heterocycles. The maximum atomic E-state index is 11.8. The van der Waals surface area contributed by atoms with Crippen molar-refractivity contribution >= 4 is 23.5 Å². The molecule has 22 heavy (non-hydrogen) atoms. The summed E-state index contributed by atoms with van der Waals surface area (Å²) in [6.45, 7) is 1.98. The van der Waals surface area contributed by atoms with Crippen LogP contribution in [0.2, 0.25) is 0 Å². The van der Waals surface area contributed by atoms with Gasteiger partial charge in [-0.3, -0.25) is 30.3 Å². The van der Waals surface area contributed by atoms with E-state index in [4.69, 9.17) is 0 Å². The molecule has 0 bridgehead atoms. The lowest BCUT2D eigenvalue weighted by Crippen LogP contribution is -2.42. The Labute approximate surface area is 127 Å². The predicted octanol–water partition coefficient (Wildman–Crippen LogP) is 2.14. The van der Waals surface area contributed by atoms with Crippen molar-refractivity contribution in [2.75, 3.05) is 0 Å². The fourth-order valence-electron chi connectivity index (χ4n) is 1.75. The van der Waals surface area contributed by atoms with Crippen LogP contribution < -0.4 is 10.6 Å². The second-order valence-electron chi connectivity index (χ2n) is 4.56. The Balaban J connectivity index is 2.60. The number of rotatable bonds is 6. The van der Waals surface area contributed by atoms with E-state index in [-0.39, 0.29) is 12.0 Å². The molecule has 118 valence electrons. The van der Waals surface area contributed by atoms with Crippen molar-refractivity contribution in [3.8, 4) is 0 Å². The molecule has 8 nitrogen and oxygen atoms in total. The van der Waals surface area contributed by atoms with E-state index in [1.807, 2.05) is 17.6 Å². The summed E-state index contributed by atoms with van der Waals surface area (Å²) < 4.78 is 0. The van der Waals surface area contributed by atoms with Gasteiger partial charge in [-0.25, -0.2) is 4.79 Å². The van der Waals surface area contributed by atoms with Crippen LogP contribution in [-0.2, 0) is 4.79 Å². The summed E-state index contributed by atoms with van der Waals surface area (Å²) in [6, 6.07) is 4.23. The zero-order valence-corrected chi connectivity index (χ0v) is 12.1. The van der Waals surface area contributed by atoms with Crippen LogP contribution in [0.4, 0.5) is 10.5 Å². The van der Waals surface area contributed by atoms with Crippen molar-refractivity contribution in [2.24, 2.45) is 0 Å². The lowest BCUT2D eigenvalue weighted by Gasteiger charge is -2.06. The van der Waals surface area contributed by atoms with Gasteiger partial charge in [0.05, 0.1) is 4.92 Å². The molecule has 0 aromatic heterocycles. The monoisotopic (exact) mass is 307 g/mol. The molecular weight excluding hydrogens is 290 g/mol. The summed E-state index contributed by atoms with van der Waals surface area (Å²) in [5.41, 5.74) is -0.664. The highest BCUT2D eigenvalue weighted by molar-refractivity contribution is 6.09. The van der Waals surface area contributed by atoms with Gasteiger partial charge in [0.1, 0.15) is 5.56 Å². The quantitative estimate of drug-likeness (QED) is 0.474. The molecule has 1 rings (SSSR count). The van der Waals surface area contributed by atoms with E-state index >= 15 is 0 Å². The molecule has 0 spiro atoms. The standard InChI is InChI=1S/C14H17N3O5/c1-2-3-4-9-12(18)15-14(20)16-13(19)10-7-5-6-8-11(10)17(21)22/h5-8H,2-4,9H2,1H3,(H2,15,16,18,19,20). The van der Waals surface area contributed by atoms with Gasteiger partial charge in [-0.15, -0.1) is 0 Å². The summed E-state index contributed by atoms with van der Waals surface area (Å²) in [6.07, 6.45) is 2.63. The first kappa shape index (κ1) is 17.3. The molecule has 2 N–H and O–H groups in total. The van der Waals surface area contributed by atoms with E-state index in [1.165, 1.54) is 18.2 Å². The van der Waals surface area contributed by atoms with Crippen LogP contribution in [0.25, 0.3) is 0 Å². The molecular formula is C14H17N3O5. The van der Waals surface area contributed by atoms with Crippen molar-refractivity contribution in [3.63, 3.8) is 0 Å². The highest BCUT2D eigenvalue weighted by atomic mass is 16.6. The summed E-state index contributed by atoms with van der Waals surface area (Å²) in [7, 11) is 0. The number of para-hydroxylation sites is 1. The van der Waals surface area contributed by atoms with E-state index < -0.39 is 28.5 Å². The van der Waals surface area contributed by atoms with Crippen molar-refractivity contribution in [2.45, 2.75) is 32.6 Å². The molecule has 1 aromatic rings. The Kier molecular flexibility index (Phi) is 6.68. The average Bonchev–Trinajstić information content (AvgIpc) is 2.47. The second-order valence-corrected chi connectivity index (χ2v) is 4.56. The Morgan fingerprint density at radius 1 is 1.14 bits per heavy atom. The van der Waals surface area contributed by atoms with Crippen LogP contribution in [0, 0.1) is 10.1 Å². The summed E-state index contributed by atoms with van der Waals surface area (Å²) in [5.74, 6) is -1.44. The van der Waals surface area contributed by atoms with Crippen LogP contribution in [0.3, 0.4) is 0 Å². The number of amides is 4. The van der Waals surface area contributed by atoms with E-state index in [1.54, 1.807) is 0 Å². The number of hydrogen-bond donors (Lipinski definition) is 2. The highest BCUT2D eigenvalue weighted by Gasteiger charge is 2.21. The first-order valence-corrected chi connectivity index (χ1v) is 6.84. The minimum atomic E-state index is -0.996. The molecule has 4 amide bonds. The molecule has 0 saturated carbocycles. The number of benzene rings is 1. The fraction of sp³-hybridized carbons (Fsp3) is 0.357. The number of nitrogens with one attached hydrogen (secondary N) is 2. The van der Waals surface area contributed by atoms with Crippen molar-refractivity contribution in [3.05, 3.63) is 39.9 Å². The van der Waals surface area contributed by atoms with Crippen molar-refractivity contribution < 1.29 is 19.3 Å². The number of urea groups is 1. The van der Waals surface area contributed by atoms with Gasteiger partial charge in [0.2, 0.25) is 5.91 Å². The Morgan fingerprint density at radius 2 is 1.82 bits per heavy atom. The molecule has 0 aliphatic carbocycles.